The molecule has 110 valence electrons. The van der Waals surface area contributed by atoms with Crippen molar-refractivity contribution in [2.45, 2.75) is 82.2 Å². The maximum atomic E-state index is 5.62. The van der Waals surface area contributed by atoms with Gasteiger partial charge >= 0.3 is 0 Å². The van der Waals surface area contributed by atoms with Crippen LogP contribution in [0.5, 0.6) is 0 Å². The molecule has 0 radical (unpaired) electrons. The van der Waals surface area contributed by atoms with Gasteiger partial charge in [-0.2, -0.15) is 4.98 Å². The first-order valence-electron chi connectivity index (χ1n) is 8.43. The Morgan fingerprint density at radius 1 is 1.20 bits per heavy atom. The SMILES string of the molecule is CCC1CCCC(c2noc(C3CC4CCC3N4)n2)C1. The van der Waals surface area contributed by atoms with E-state index in [1.165, 1.54) is 51.4 Å². The van der Waals surface area contributed by atoms with Crippen LogP contribution in [0.15, 0.2) is 4.52 Å². The summed E-state index contributed by atoms with van der Waals surface area (Å²) in [4.78, 5) is 4.79. The first-order valence-corrected chi connectivity index (χ1v) is 8.43. The molecule has 1 aromatic heterocycles. The number of hydrogen-bond donors (Lipinski definition) is 1. The van der Waals surface area contributed by atoms with Crippen LogP contribution in [-0.4, -0.2) is 22.2 Å². The van der Waals surface area contributed by atoms with Crippen LogP contribution in [-0.2, 0) is 0 Å². The molecule has 4 heteroatoms. The lowest BCUT2D eigenvalue weighted by molar-refractivity contribution is 0.293. The van der Waals surface area contributed by atoms with Gasteiger partial charge in [-0.1, -0.05) is 31.3 Å². The quantitative estimate of drug-likeness (QED) is 0.919. The van der Waals surface area contributed by atoms with Crippen molar-refractivity contribution in [1.29, 1.82) is 0 Å². The Labute approximate surface area is 120 Å². The monoisotopic (exact) mass is 275 g/mol. The number of rotatable bonds is 3. The van der Waals surface area contributed by atoms with Gasteiger partial charge in [-0.3, -0.25) is 0 Å². The summed E-state index contributed by atoms with van der Waals surface area (Å²) in [7, 11) is 0. The molecule has 1 aliphatic carbocycles. The fraction of sp³-hybridized carbons (Fsp3) is 0.875. The van der Waals surface area contributed by atoms with Crippen molar-refractivity contribution in [3.05, 3.63) is 11.7 Å². The van der Waals surface area contributed by atoms with Crippen molar-refractivity contribution in [3.63, 3.8) is 0 Å². The molecule has 2 saturated heterocycles. The molecule has 3 fully saturated rings. The van der Waals surface area contributed by atoms with E-state index in [0.29, 0.717) is 23.9 Å². The van der Waals surface area contributed by atoms with E-state index in [4.69, 9.17) is 9.51 Å². The molecule has 3 heterocycles. The highest BCUT2D eigenvalue weighted by Crippen LogP contribution is 2.41. The van der Waals surface area contributed by atoms with E-state index in [0.717, 1.165) is 17.6 Å². The maximum Gasteiger partial charge on any atom is 0.231 e. The minimum absolute atomic E-state index is 0.473. The summed E-state index contributed by atoms with van der Waals surface area (Å²) in [5.41, 5.74) is 0. The first-order chi connectivity index (χ1) is 9.83. The highest BCUT2D eigenvalue weighted by molar-refractivity contribution is 5.11. The van der Waals surface area contributed by atoms with E-state index in [2.05, 4.69) is 17.4 Å². The Hall–Kier alpha value is -0.900. The van der Waals surface area contributed by atoms with Crippen LogP contribution >= 0.6 is 0 Å². The minimum Gasteiger partial charge on any atom is -0.339 e. The van der Waals surface area contributed by atoms with Crippen LogP contribution in [0, 0.1) is 5.92 Å². The third-order valence-electron chi connectivity index (χ3n) is 5.80. The van der Waals surface area contributed by atoms with Gasteiger partial charge in [0.25, 0.3) is 0 Å². The molecule has 0 amide bonds. The van der Waals surface area contributed by atoms with Crippen LogP contribution < -0.4 is 5.32 Å². The average Bonchev–Trinajstić information content (AvgIpc) is 3.22. The zero-order valence-electron chi connectivity index (χ0n) is 12.3. The Kier molecular flexibility index (Phi) is 3.29. The molecule has 3 aliphatic rings. The number of hydrogen-bond acceptors (Lipinski definition) is 4. The summed E-state index contributed by atoms with van der Waals surface area (Å²) in [6.45, 7) is 2.30. The third kappa shape index (κ3) is 2.18. The van der Waals surface area contributed by atoms with Crippen LogP contribution in [0.25, 0.3) is 0 Å². The molecule has 1 N–H and O–H groups in total. The summed E-state index contributed by atoms with van der Waals surface area (Å²) < 4.78 is 5.62. The van der Waals surface area contributed by atoms with Crippen molar-refractivity contribution in [3.8, 4) is 0 Å². The Bertz CT molecular complexity index is 472. The van der Waals surface area contributed by atoms with E-state index in [1.807, 2.05) is 0 Å². The maximum absolute atomic E-state index is 5.62. The molecule has 2 aliphatic heterocycles. The van der Waals surface area contributed by atoms with Gasteiger partial charge < -0.3 is 9.84 Å². The number of nitrogens with zero attached hydrogens (tertiary/aromatic N) is 2. The Morgan fingerprint density at radius 2 is 2.15 bits per heavy atom. The van der Waals surface area contributed by atoms with E-state index in [1.54, 1.807) is 0 Å². The number of aromatic nitrogens is 2. The van der Waals surface area contributed by atoms with Crippen LogP contribution in [0.3, 0.4) is 0 Å². The molecular formula is C16H25N3O. The van der Waals surface area contributed by atoms with Gasteiger partial charge in [-0.25, -0.2) is 0 Å². The molecule has 1 saturated carbocycles. The molecule has 4 nitrogen and oxygen atoms in total. The summed E-state index contributed by atoms with van der Waals surface area (Å²) in [6.07, 6.45) is 10.3. The smallest absolute Gasteiger partial charge is 0.231 e. The minimum atomic E-state index is 0.473. The van der Waals surface area contributed by atoms with Crippen molar-refractivity contribution in [1.82, 2.24) is 15.5 Å². The highest BCUT2D eigenvalue weighted by atomic mass is 16.5. The molecule has 0 aromatic carbocycles. The van der Waals surface area contributed by atoms with Crippen LogP contribution in [0.4, 0.5) is 0 Å². The lowest BCUT2D eigenvalue weighted by atomic mass is 9.80. The predicted molar refractivity (Wildman–Crippen MR) is 76.6 cm³/mol. The normalized spacial score (nSPS) is 40.4. The van der Waals surface area contributed by atoms with Gasteiger partial charge in [0.15, 0.2) is 5.82 Å². The van der Waals surface area contributed by atoms with Crippen molar-refractivity contribution in [2.24, 2.45) is 5.92 Å². The highest BCUT2D eigenvalue weighted by Gasteiger charge is 2.42. The van der Waals surface area contributed by atoms with Gasteiger partial charge in [0.1, 0.15) is 0 Å². The third-order valence-corrected chi connectivity index (χ3v) is 5.80. The second-order valence-corrected chi connectivity index (χ2v) is 7.02. The molecule has 4 rings (SSSR count). The fourth-order valence-electron chi connectivity index (χ4n) is 4.56. The second-order valence-electron chi connectivity index (χ2n) is 7.02. The van der Waals surface area contributed by atoms with Gasteiger partial charge in [-0.15, -0.1) is 0 Å². The number of fused-ring (bicyclic) bond motifs is 2. The van der Waals surface area contributed by atoms with Gasteiger partial charge in [0.2, 0.25) is 5.89 Å². The molecule has 0 spiro atoms. The average molecular weight is 275 g/mol. The molecule has 2 bridgehead atoms. The Morgan fingerprint density at radius 3 is 2.90 bits per heavy atom. The number of nitrogens with one attached hydrogen (secondary N) is 1. The first kappa shape index (κ1) is 12.8. The van der Waals surface area contributed by atoms with Gasteiger partial charge in [0, 0.05) is 18.0 Å². The summed E-state index contributed by atoms with van der Waals surface area (Å²) in [5.74, 6) is 3.76. The second kappa shape index (κ2) is 5.14. The molecule has 5 unspecified atom stereocenters. The van der Waals surface area contributed by atoms with Gasteiger partial charge in [-0.05, 0) is 38.0 Å². The standard InChI is InChI=1S/C16H25N3O/c1-2-10-4-3-5-11(8-10)15-18-16(20-19-15)13-9-12-6-7-14(13)17-12/h10-14,17H,2-9H2,1H3. The Balaban J connectivity index is 1.48. The molecule has 5 atom stereocenters. The predicted octanol–water partition coefficient (Wildman–Crippen LogP) is 3.36. The topological polar surface area (TPSA) is 51.0 Å². The zero-order chi connectivity index (χ0) is 13.5. The van der Waals surface area contributed by atoms with E-state index in [9.17, 15) is 0 Å². The van der Waals surface area contributed by atoms with Crippen LogP contribution in [0.2, 0.25) is 0 Å². The zero-order valence-corrected chi connectivity index (χ0v) is 12.3. The fourth-order valence-corrected chi connectivity index (χ4v) is 4.56. The summed E-state index contributed by atoms with van der Waals surface area (Å²) >= 11 is 0. The molecule has 20 heavy (non-hydrogen) atoms. The van der Waals surface area contributed by atoms with Gasteiger partial charge in [0.05, 0.1) is 5.92 Å². The van der Waals surface area contributed by atoms with E-state index < -0.39 is 0 Å². The lowest BCUT2D eigenvalue weighted by Gasteiger charge is -2.26. The van der Waals surface area contributed by atoms with Crippen molar-refractivity contribution >= 4 is 0 Å². The van der Waals surface area contributed by atoms with E-state index >= 15 is 0 Å². The van der Waals surface area contributed by atoms with Crippen molar-refractivity contribution in [2.75, 3.05) is 0 Å². The van der Waals surface area contributed by atoms with Crippen LogP contribution in [0.1, 0.15) is 81.8 Å². The molecule has 1 aromatic rings. The largest absolute Gasteiger partial charge is 0.339 e. The molecular weight excluding hydrogens is 250 g/mol. The van der Waals surface area contributed by atoms with Crippen molar-refractivity contribution < 1.29 is 4.52 Å². The summed E-state index contributed by atoms with van der Waals surface area (Å²) in [6, 6.07) is 1.28. The summed E-state index contributed by atoms with van der Waals surface area (Å²) in [5, 5.41) is 7.98. The lowest BCUT2D eigenvalue weighted by Crippen LogP contribution is -2.21. The van der Waals surface area contributed by atoms with E-state index in [-0.39, 0.29) is 0 Å².